The number of carbonyl (C=O) groups is 1. The van der Waals surface area contributed by atoms with Crippen molar-refractivity contribution >= 4 is 11.7 Å². The van der Waals surface area contributed by atoms with Gasteiger partial charge in [-0.3, -0.25) is 0 Å². The van der Waals surface area contributed by atoms with Crippen molar-refractivity contribution in [3.05, 3.63) is 29.6 Å². The van der Waals surface area contributed by atoms with Gasteiger partial charge in [0.2, 0.25) is 0 Å². The average molecular weight is 295 g/mol. The van der Waals surface area contributed by atoms with Crippen LogP contribution in [-0.4, -0.2) is 37.5 Å². The molecule has 2 atom stereocenters. The van der Waals surface area contributed by atoms with Crippen LogP contribution in [0.4, 0.5) is 10.1 Å². The van der Waals surface area contributed by atoms with Crippen molar-refractivity contribution in [3.63, 3.8) is 0 Å². The SMILES string of the molecule is Nc1cc(F)ccc1C(=O)OC1CCOC2(CCOC2)C1. The van der Waals surface area contributed by atoms with E-state index < -0.39 is 11.8 Å². The molecule has 114 valence electrons. The summed E-state index contributed by atoms with van der Waals surface area (Å²) in [4.78, 5) is 12.2. The molecule has 2 N–H and O–H groups in total. The first-order valence-corrected chi connectivity index (χ1v) is 7.06. The summed E-state index contributed by atoms with van der Waals surface area (Å²) in [5.41, 5.74) is 5.62. The molecule has 0 aliphatic carbocycles. The maximum atomic E-state index is 13.0. The second kappa shape index (κ2) is 5.61. The van der Waals surface area contributed by atoms with Gasteiger partial charge in [0, 0.05) is 31.6 Å². The zero-order chi connectivity index (χ0) is 14.9. The lowest BCUT2D eigenvalue weighted by Crippen LogP contribution is -2.43. The minimum Gasteiger partial charge on any atom is -0.459 e. The van der Waals surface area contributed by atoms with Gasteiger partial charge in [-0.1, -0.05) is 0 Å². The molecule has 3 rings (SSSR count). The van der Waals surface area contributed by atoms with E-state index in [1.165, 1.54) is 12.1 Å². The first-order valence-electron chi connectivity index (χ1n) is 7.06. The van der Waals surface area contributed by atoms with Crippen LogP contribution >= 0.6 is 0 Å². The van der Waals surface area contributed by atoms with E-state index >= 15 is 0 Å². The standard InChI is InChI=1S/C15H18FNO4/c16-10-1-2-12(13(17)7-10)14(18)21-11-3-5-20-15(8-11)4-6-19-9-15/h1-2,7,11H,3-6,8-9,17H2. The summed E-state index contributed by atoms with van der Waals surface area (Å²) >= 11 is 0. The van der Waals surface area contributed by atoms with Gasteiger partial charge < -0.3 is 19.9 Å². The zero-order valence-electron chi connectivity index (χ0n) is 11.6. The van der Waals surface area contributed by atoms with E-state index in [-0.39, 0.29) is 23.0 Å². The van der Waals surface area contributed by atoms with Crippen LogP contribution in [0, 0.1) is 5.82 Å². The van der Waals surface area contributed by atoms with E-state index in [1.54, 1.807) is 0 Å². The Hall–Kier alpha value is -1.66. The van der Waals surface area contributed by atoms with Crippen molar-refractivity contribution in [1.82, 2.24) is 0 Å². The van der Waals surface area contributed by atoms with E-state index in [9.17, 15) is 9.18 Å². The van der Waals surface area contributed by atoms with Gasteiger partial charge in [-0.25, -0.2) is 9.18 Å². The normalized spacial score (nSPS) is 28.7. The molecule has 6 heteroatoms. The number of nitrogen functional groups attached to an aromatic ring is 1. The molecule has 0 bridgehead atoms. The molecule has 2 heterocycles. The van der Waals surface area contributed by atoms with Crippen molar-refractivity contribution in [3.8, 4) is 0 Å². The molecule has 0 amide bonds. The number of carbonyl (C=O) groups excluding carboxylic acids is 1. The quantitative estimate of drug-likeness (QED) is 0.666. The van der Waals surface area contributed by atoms with Crippen LogP contribution < -0.4 is 5.73 Å². The lowest BCUT2D eigenvalue weighted by atomic mass is 9.91. The number of hydrogen-bond donors (Lipinski definition) is 1. The first kappa shape index (κ1) is 14.3. The summed E-state index contributed by atoms with van der Waals surface area (Å²) in [6.07, 6.45) is 1.87. The van der Waals surface area contributed by atoms with Gasteiger partial charge >= 0.3 is 5.97 Å². The molecular formula is C15H18FNO4. The molecule has 1 aromatic rings. The molecular weight excluding hydrogens is 277 g/mol. The Balaban J connectivity index is 1.67. The number of esters is 1. The lowest BCUT2D eigenvalue weighted by molar-refractivity contribution is -0.120. The van der Waals surface area contributed by atoms with Crippen LogP contribution in [0.15, 0.2) is 18.2 Å². The van der Waals surface area contributed by atoms with Crippen LogP contribution in [0.25, 0.3) is 0 Å². The highest BCUT2D eigenvalue weighted by Gasteiger charge is 2.42. The molecule has 2 aliphatic rings. The fourth-order valence-corrected chi connectivity index (χ4v) is 2.88. The van der Waals surface area contributed by atoms with E-state index in [2.05, 4.69) is 0 Å². The van der Waals surface area contributed by atoms with Crippen LogP contribution in [0.2, 0.25) is 0 Å². The highest BCUT2D eigenvalue weighted by molar-refractivity contribution is 5.95. The average Bonchev–Trinajstić information content (AvgIpc) is 2.86. The van der Waals surface area contributed by atoms with Crippen molar-refractivity contribution in [1.29, 1.82) is 0 Å². The molecule has 0 radical (unpaired) electrons. The lowest BCUT2D eigenvalue weighted by Gasteiger charge is -2.36. The van der Waals surface area contributed by atoms with Crippen LogP contribution in [-0.2, 0) is 14.2 Å². The summed E-state index contributed by atoms with van der Waals surface area (Å²) in [5.74, 6) is -0.995. The van der Waals surface area contributed by atoms with Crippen molar-refractivity contribution in [2.24, 2.45) is 0 Å². The monoisotopic (exact) mass is 295 g/mol. The smallest absolute Gasteiger partial charge is 0.340 e. The Morgan fingerprint density at radius 1 is 1.43 bits per heavy atom. The molecule has 21 heavy (non-hydrogen) atoms. The van der Waals surface area contributed by atoms with E-state index in [0.29, 0.717) is 32.7 Å². The van der Waals surface area contributed by atoms with Gasteiger partial charge in [0.15, 0.2) is 0 Å². The van der Waals surface area contributed by atoms with Gasteiger partial charge in [-0.05, 0) is 18.2 Å². The first-order chi connectivity index (χ1) is 10.1. The molecule has 2 saturated heterocycles. The van der Waals surface area contributed by atoms with Gasteiger partial charge in [-0.15, -0.1) is 0 Å². The molecule has 2 aliphatic heterocycles. The highest BCUT2D eigenvalue weighted by Crippen LogP contribution is 2.34. The number of halogens is 1. The molecule has 0 saturated carbocycles. The number of nitrogens with two attached hydrogens (primary N) is 1. The largest absolute Gasteiger partial charge is 0.459 e. The summed E-state index contributed by atoms with van der Waals surface area (Å²) in [5, 5.41) is 0. The molecule has 2 fully saturated rings. The number of hydrogen-bond acceptors (Lipinski definition) is 5. The minimum atomic E-state index is -0.520. The Bertz CT molecular complexity index is 542. The summed E-state index contributed by atoms with van der Waals surface area (Å²) in [6, 6.07) is 3.66. The topological polar surface area (TPSA) is 70.8 Å². The van der Waals surface area contributed by atoms with Crippen LogP contribution in [0.3, 0.4) is 0 Å². The Morgan fingerprint density at radius 3 is 3.00 bits per heavy atom. The van der Waals surface area contributed by atoms with Crippen molar-refractivity contribution in [2.45, 2.75) is 31.0 Å². The summed E-state index contributed by atoms with van der Waals surface area (Å²) in [6.45, 7) is 1.76. The molecule has 5 nitrogen and oxygen atoms in total. The van der Waals surface area contributed by atoms with Crippen LogP contribution in [0.1, 0.15) is 29.6 Å². The third kappa shape index (κ3) is 3.01. The second-order valence-corrected chi connectivity index (χ2v) is 5.59. The zero-order valence-corrected chi connectivity index (χ0v) is 11.6. The molecule has 1 spiro atoms. The maximum Gasteiger partial charge on any atom is 0.340 e. The van der Waals surface area contributed by atoms with Gasteiger partial charge in [0.25, 0.3) is 0 Å². The summed E-state index contributed by atoms with van der Waals surface area (Å²) in [7, 11) is 0. The maximum absolute atomic E-state index is 13.0. The van der Waals surface area contributed by atoms with Gasteiger partial charge in [0.1, 0.15) is 11.9 Å². The van der Waals surface area contributed by atoms with Gasteiger partial charge in [-0.2, -0.15) is 0 Å². The number of ether oxygens (including phenoxy) is 3. The fraction of sp³-hybridized carbons (Fsp3) is 0.533. The number of anilines is 1. The fourth-order valence-electron chi connectivity index (χ4n) is 2.88. The number of benzene rings is 1. The van der Waals surface area contributed by atoms with Crippen molar-refractivity contribution in [2.75, 3.05) is 25.6 Å². The Kier molecular flexibility index (Phi) is 3.82. The highest BCUT2D eigenvalue weighted by atomic mass is 19.1. The minimum absolute atomic E-state index is 0.0889. The van der Waals surface area contributed by atoms with Crippen molar-refractivity contribution < 1.29 is 23.4 Å². The molecule has 1 aromatic carbocycles. The third-order valence-corrected chi connectivity index (χ3v) is 4.02. The van der Waals surface area contributed by atoms with Gasteiger partial charge in [0.05, 0.1) is 24.4 Å². The predicted molar refractivity (Wildman–Crippen MR) is 73.4 cm³/mol. The van der Waals surface area contributed by atoms with E-state index in [0.717, 1.165) is 12.5 Å². The van der Waals surface area contributed by atoms with E-state index in [4.69, 9.17) is 19.9 Å². The number of rotatable bonds is 2. The second-order valence-electron chi connectivity index (χ2n) is 5.59. The Morgan fingerprint density at radius 2 is 2.29 bits per heavy atom. The third-order valence-electron chi connectivity index (χ3n) is 4.02. The van der Waals surface area contributed by atoms with E-state index in [1.807, 2.05) is 0 Å². The van der Waals surface area contributed by atoms with Crippen LogP contribution in [0.5, 0.6) is 0 Å². The molecule has 0 aromatic heterocycles. The Labute approximate surface area is 122 Å². The predicted octanol–water partition coefficient (Wildman–Crippen LogP) is 1.90. The summed E-state index contributed by atoms with van der Waals surface area (Å²) < 4.78 is 29.7. The molecule has 2 unspecified atom stereocenters.